The van der Waals surface area contributed by atoms with Gasteiger partial charge in [-0.2, -0.15) is 0 Å². The summed E-state index contributed by atoms with van der Waals surface area (Å²) in [6, 6.07) is 7.63. The molecule has 80 valence electrons. The van der Waals surface area contributed by atoms with Gasteiger partial charge in [-0.15, -0.1) is 0 Å². The Bertz CT molecular complexity index is 321. The molecule has 1 saturated heterocycles. The average molecular weight is 203 g/mol. The Morgan fingerprint density at radius 1 is 1.20 bits per heavy atom. The largest absolute Gasteiger partial charge is 0.355 e. The van der Waals surface area contributed by atoms with Crippen molar-refractivity contribution in [1.82, 2.24) is 10.3 Å². The molecular weight excluding hydrogens is 186 g/mol. The van der Waals surface area contributed by atoms with E-state index in [2.05, 4.69) is 27.3 Å². The molecule has 1 N–H and O–H groups in total. The lowest BCUT2D eigenvalue weighted by molar-refractivity contribution is 0.548. The number of rotatable bonds is 3. The van der Waals surface area contributed by atoms with E-state index in [4.69, 9.17) is 0 Å². The van der Waals surface area contributed by atoms with Crippen molar-refractivity contribution in [2.24, 2.45) is 0 Å². The third-order valence-electron chi connectivity index (χ3n) is 3.21. The number of hydrogen-bond donors (Lipinski definition) is 1. The number of aromatic nitrogens is 1. The SMILES string of the molecule is c1ccc(N2CC[C@@H](NC3CC3)C2)nc1. The number of anilines is 1. The van der Waals surface area contributed by atoms with Gasteiger partial charge in [-0.1, -0.05) is 6.07 Å². The van der Waals surface area contributed by atoms with Gasteiger partial charge in [0.05, 0.1) is 0 Å². The summed E-state index contributed by atoms with van der Waals surface area (Å²) in [6.07, 6.45) is 5.88. The maximum Gasteiger partial charge on any atom is 0.128 e. The molecule has 2 heterocycles. The summed E-state index contributed by atoms with van der Waals surface area (Å²) in [5, 5.41) is 3.68. The monoisotopic (exact) mass is 203 g/mol. The van der Waals surface area contributed by atoms with Crippen molar-refractivity contribution in [2.45, 2.75) is 31.3 Å². The lowest BCUT2D eigenvalue weighted by Crippen LogP contribution is -2.34. The first-order valence-corrected chi connectivity index (χ1v) is 5.84. The maximum atomic E-state index is 4.39. The van der Waals surface area contributed by atoms with Crippen LogP contribution in [0.2, 0.25) is 0 Å². The summed E-state index contributed by atoms with van der Waals surface area (Å²) in [5.74, 6) is 1.12. The van der Waals surface area contributed by atoms with Crippen LogP contribution in [0, 0.1) is 0 Å². The minimum atomic E-state index is 0.680. The van der Waals surface area contributed by atoms with Crippen molar-refractivity contribution in [3.63, 3.8) is 0 Å². The Morgan fingerprint density at radius 2 is 2.13 bits per heavy atom. The number of hydrogen-bond acceptors (Lipinski definition) is 3. The molecule has 1 saturated carbocycles. The molecule has 3 rings (SSSR count). The van der Waals surface area contributed by atoms with Gasteiger partial charge in [0.1, 0.15) is 5.82 Å². The highest BCUT2D eigenvalue weighted by Crippen LogP contribution is 2.23. The van der Waals surface area contributed by atoms with E-state index < -0.39 is 0 Å². The van der Waals surface area contributed by atoms with E-state index in [-0.39, 0.29) is 0 Å². The van der Waals surface area contributed by atoms with Crippen molar-refractivity contribution in [3.8, 4) is 0 Å². The highest BCUT2D eigenvalue weighted by molar-refractivity contribution is 5.39. The molecule has 15 heavy (non-hydrogen) atoms. The molecule has 0 unspecified atom stereocenters. The summed E-state index contributed by atoms with van der Waals surface area (Å²) < 4.78 is 0. The van der Waals surface area contributed by atoms with E-state index in [9.17, 15) is 0 Å². The Labute approximate surface area is 90.5 Å². The van der Waals surface area contributed by atoms with Gasteiger partial charge in [0.2, 0.25) is 0 Å². The van der Waals surface area contributed by atoms with Crippen LogP contribution in [-0.4, -0.2) is 30.2 Å². The lowest BCUT2D eigenvalue weighted by Gasteiger charge is -2.17. The van der Waals surface area contributed by atoms with Crippen LogP contribution in [-0.2, 0) is 0 Å². The van der Waals surface area contributed by atoms with E-state index in [0.717, 1.165) is 24.9 Å². The fraction of sp³-hybridized carbons (Fsp3) is 0.583. The molecule has 1 aromatic rings. The number of nitrogens with zero attached hydrogens (tertiary/aromatic N) is 2. The zero-order chi connectivity index (χ0) is 10.1. The van der Waals surface area contributed by atoms with Gasteiger partial charge in [-0.3, -0.25) is 0 Å². The number of pyridine rings is 1. The van der Waals surface area contributed by atoms with Gasteiger partial charge < -0.3 is 10.2 Å². The van der Waals surface area contributed by atoms with Crippen LogP contribution in [0.3, 0.4) is 0 Å². The van der Waals surface area contributed by atoms with Crippen LogP contribution in [0.1, 0.15) is 19.3 Å². The third-order valence-corrected chi connectivity index (χ3v) is 3.21. The van der Waals surface area contributed by atoms with Gasteiger partial charge in [-0.05, 0) is 31.4 Å². The van der Waals surface area contributed by atoms with Crippen molar-refractivity contribution in [1.29, 1.82) is 0 Å². The van der Waals surface area contributed by atoms with E-state index in [1.54, 1.807) is 0 Å². The fourth-order valence-electron chi connectivity index (χ4n) is 2.23. The topological polar surface area (TPSA) is 28.2 Å². The molecule has 0 aromatic carbocycles. The third kappa shape index (κ3) is 2.12. The number of nitrogens with one attached hydrogen (secondary N) is 1. The Morgan fingerprint density at radius 3 is 2.87 bits per heavy atom. The summed E-state index contributed by atoms with van der Waals surface area (Å²) >= 11 is 0. The van der Waals surface area contributed by atoms with Crippen LogP contribution < -0.4 is 10.2 Å². The Kier molecular flexibility index (Phi) is 2.33. The van der Waals surface area contributed by atoms with Crippen LogP contribution in [0.5, 0.6) is 0 Å². The van der Waals surface area contributed by atoms with E-state index in [0.29, 0.717) is 6.04 Å². The molecule has 2 aliphatic rings. The molecule has 0 spiro atoms. The molecule has 1 atom stereocenters. The quantitative estimate of drug-likeness (QED) is 0.805. The second-order valence-electron chi connectivity index (χ2n) is 4.56. The molecule has 2 fully saturated rings. The lowest BCUT2D eigenvalue weighted by atomic mass is 10.2. The summed E-state index contributed by atoms with van der Waals surface area (Å²) in [6.45, 7) is 2.26. The van der Waals surface area contributed by atoms with Crippen LogP contribution in [0.25, 0.3) is 0 Å². The van der Waals surface area contributed by atoms with Gasteiger partial charge in [0.15, 0.2) is 0 Å². The zero-order valence-electron chi connectivity index (χ0n) is 8.89. The van der Waals surface area contributed by atoms with Gasteiger partial charge in [-0.25, -0.2) is 4.98 Å². The summed E-state index contributed by atoms with van der Waals surface area (Å²) in [7, 11) is 0. The predicted molar refractivity (Wildman–Crippen MR) is 61.0 cm³/mol. The molecule has 3 nitrogen and oxygen atoms in total. The minimum absolute atomic E-state index is 0.680. The second kappa shape index (κ2) is 3.81. The van der Waals surface area contributed by atoms with Crippen LogP contribution >= 0.6 is 0 Å². The normalized spacial score (nSPS) is 25.9. The van der Waals surface area contributed by atoms with E-state index >= 15 is 0 Å². The highest BCUT2D eigenvalue weighted by Gasteiger charge is 2.29. The molecule has 0 bridgehead atoms. The van der Waals surface area contributed by atoms with Crippen LogP contribution in [0.15, 0.2) is 24.4 Å². The molecule has 3 heteroatoms. The van der Waals surface area contributed by atoms with Crippen molar-refractivity contribution >= 4 is 5.82 Å². The second-order valence-corrected chi connectivity index (χ2v) is 4.56. The summed E-state index contributed by atoms with van der Waals surface area (Å²) in [5.41, 5.74) is 0. The van der Waals surface area contributed by atoms with Crippen molar-refractivity contribution < 1.29 is 0 Å². The molecule has 1 aliphatic carbocycles. The first kappa shape index (κ1) is 9.16. The van der Waals surface area contributed by atoms with Gasteiger partial charge >= 0.3 is 0 Å². The average Bonchev–Trinajstić information content (AvgIpc) is 2.96. The highest BCUT2D eigenvalue weighted by atomic mass is 15.2. The molecule has 1 aromatic heterocycles. The molecule has 0 radical (unpaired) electrons. The predicted octanol–water partition coefficient (Wildman–Crippen LogP) is 1.41. The fourth-order valence-corrected chi connectivity index (χ4v) is 2.23. The van der Waals surface area contributed by atoms with Crippen LogP contribution in [0.4, 0.5) is 5.82 Å². The minimum Gasteiger partial charge on any atom is -0.355 e. The van der Waals surface area contributed by atoms with Gasteiger partial charge in [0.25, 0.3) is 0 Å². The Hall–Kier alpha value is -1.09. The zero-order valence-corrected chi connectivity index (χ0v) is 8.89. The first-order valence-electron chi connectivity index (χ1n) is 5.84. The van der Waals surface area contributed by atoms with Gasteiger partial charge in [0, 0.05) is 31.4 Å². The molecule has 0 amide bonds. The smallest absolute Gasteiger partial charge is 0.128 e. The standard InChI is InChI=1S/C12H17N3/c1-2-7-13-12(3-1)15-8-6-11(9-15)14-10-4-5-10/h1-3,7,10-11,14H,4-6,8-9H2/t11-/m1/s1. The van der Waals surface area contributed by atoms with E-state index in [1.807, 2.05) is 12.3 Å². The van der Waals surface area contributed by atoms with Crippen molar-refractivity contribution in [3.05, 3.63) is 24.4 Å². The first-order chi connectivity index (χ1) is 7.42. The maximum absolute atomic E-state index is 4.39. The Balaban J connectivity index is 1.60. The summed E-state index contributed by atoms with van der Waals surface area (Å²) in [4.78, 5) is 6.76. The molecular formula is C12H17N3. The van der Waals surface area contributed by atoms with Crippen molar-refractivity contribution in [2.75, 3.05) is 18.0 Å². The van der Waals surface area contributed by atoms with E-state index in [1.165, 1.54) is 19.3 Å². The molecule has 1 aliphatic heterocycles.